The SMILES string of the molecule is CCN(CC)c1nc(O)cs1. The van der Waals surface area contributed by atoms with Crippen LogP contribution in [0.4, 0.5) is 5.13 Å². The minimum absolute atomic E-state index is 0.122. The van der Waals surface area contributed by atoms with E-state index in [0.717, 1.165) is 18.2 Å². The highest BCUT2D eigenvalue weighted by atomic mass is 32.1. The van der Waals surface area contributed by atoms with Crippen LogP contribution in [0.1, 0.15) is 13.8 Å². The van der Waals surface area contributed by atoms with Gasteiger partial charge < -0.3 is 10.0 Å². The summed E-state index contributed by atoms with van der Waals surface area (Å²) in [4.78, 5) is 6.05. The molecule has 3 nitrogen and oxygen atoms in total. The first-order valence-electron chi connectivity index (χ1n) is 3.67. The van der Waals surface area contributed by atoms with Crippen molar-refractivity contribution in [3.05, 3.63) is 5.38 Å². The molecule has 62 valence electrons. The lowest BCUT2D eigenvalue weighted by Crippen LogP contribution is -2.21. The molecule has 0 aliphatic carbocycles. The Morgan fingerprint density at radius 2 is 2.18 bits per heavy atom. The lowest BCUT2D eigenvalue weighted by Gasteiger charge is -2.15. The van der Waals surface area contributed by atoms with Gasteiger partial charge in [-0.25, -0.2) is 0 Å². The molecule has 0 fully saturated rings. The normalized spacial score (nSPS) is 10.0. The number of hydrogen-bond acceptors (Lipinski definition) is 4. The third kappa shape index (κ3) is 1.83. The molecule has 0 radical (unpaired) electrons. The van der Waals surface area contributed by atoms with Crippen molar-refractivity contribution in [3.8, 4) is 5.88 Å². The van der Waals surface area contributed by atoms with Crippen molar-refractivity contribution < 1.29 is 5.11 Å². The van der Waals surface area contributed by atoms with Crippen molar-refractivity contribution in [2.45, 2.75) is 13.8 Å². The number of anilines is 1. The van der Waals surface area contributed by atoms with E-state index in [4.69, 9.17) is 5.11 Å². The summed E-state index contributed by atoms with van der Waals surface area (Å²) in [5.41, 5.74) is 0. The van der Waals surface area contributed by atoms with E-state index >= 15 is 0 Å². The quantitative estimate of drug-likeness (QED) is 0.753. The van der Waals surface area contributed by atoms with Crippen LogP contribution in [0.15, 0.2) is 5.38 Å². The number of thiazole rings is 1. The third-order valence-electron chi connectivity index (χ3n) is 1.51. The molecule has 1 heterocycles. The highest BCUT2D eigenvalue weighted by Crippen LogP contribution is 2.23. The highest BCUT2D eigenvalue weighted by molar-refractivity contribution is 7.13. The van der Waals surface area contributed by atoms with Gasteiger partial charge in [0.1, 0.15) is 0 Å². The van der Waals surface area contributed by atoms with E-state index in [1.807, 2.05) is 0 Å². The van der Waals surface area contributed by atoms with Gasteiger partial charge in [0.2, 0.25) is 5.88 Å². The standard InChI is InChI=1S/C7H12N2OS/c1-3-9(4-2)7-8-6(10)5-11-7/h5,10H,3-4H2,1-2H3. The van der Waals surface area contributed by atoms with E-state index in [0.29, 0.717) is 0 Å². The molecule has 0 aliphatic heterocycles. The van der Waals surface area contributed by atoms with E-state index in [1.54, 1.807) is 5.38 Å². The highest BCUT2D eigenvalue weighted by Gasteiger charge is 2.05. The molecule has 1 aromatic rings. The van der Waals surface area contributed by atoms with Crippen molar-refractivity contribution in [1.29, 1.82) is 0 Å². The third-order valence-corrected chi connectivity index (χ3v) is 2.40. The molecule has 0 saturated heterocycles. The summed E-state index contributed by atoms with van der Waals surface area (Å²) >= 11 is 1.47. The van der Waals surface area contributed by atoms with E-state index in [9.17, 15) is 0 Å². The summed E-state index contributed by atoms with van der Waals surface area (Å²) < 4.78 is 0. The van der Waals surface area contributed by atoms with Crippen LogP contribution < -0.4 is 4.90 Å². The van der Waals surface area contributed by atoms with Gasteiger partial charge in [-0.3, -0.25) is 0 Å². The Morgan fingerprint density at radius 1 is 1.55 bits per heavy atom. The smallest absolute Gasteiger partial charge is 0.223 e. The minimum atomic E-state index is 0.122. The zero-order valence-corrected chi connectivity index (χ0v) is 7.56. The second kappa shape index (κ2) is 3.57. The Hall–Kier alpha value is -0.770. The zero-order valence-electron chi connectivity index (χ0n) is 6.74. The number of nitrogens with zero attached hydrogens (tertiary/aromatic N) is 2. The van der Waals surface area contributed by atoms with E-state index < -0.39 is 0 Å². The molecule has 0 saturated carbocycles. The van der Waals surface area contributed by atoms with Crippen LogP contribution in [0, 0.1) is 0 Å². The van der Waals surface area contributed by atoms with Gasteiger partial charge in [0.25, 0.3) is 0 Å². The molecular formula is C7H12N2OS. The predicted octanol–water partition coefficient (Wildman–Crippen LogP) is 1.69. The van der Waals surface area contributed by atoms with Crippen molar-refractivity contribution in [2.75, 3.05) is 18.0 Å². The van der Waals surface area contributed by atoms with Gasteiger partial charge in [-0.15, -0.1) is 11.3 Å². The van der Waals surface area contributed by atoms with Crippen molar-refractivity contribution >= 4 is 16.5 Å². The van der Waals surface area contributed by atoms with Crippen LogP contribution in [0.25, 0.3) is 0 Å². The van der Waals surface area contributed by atoms with Crippen molar-refractivity contribution in [1.82, 2.24) is 4.98 Å². The Labute approximate surface area is 70.3 Å². The maximum atomic E-state index is 8.97. The summed E-state index contributed by atoms with van der Waals surface area (Å²) in [6, 6.07) is 0. The van der Waals surface area contributed by atoms with Gasteiger partial charge in [-0.1, -0.05) is 0 Å². The number of aromatic hydroxyl groups is 1. The van der Waals surface area contributed by atoms with Gasteiger partial charge in [0.05, 0.1) is 5.38 Å². The van der Waals surface area contributed by atoms with Crippen LogP contribution >= 0.6 is 11.3 Å². The Kier molecular flexibility index (Phi) is 2.70. The summed E-state index contributed by atoms with van der Waals surface area (Å²) in [6.45, 7) is 6.01. The molecule has 11 heavy (non-hydrogen) atoms. The fourth-order valence-electron chi connectivity index (χ4n) is 0.895. The maximum Gasteiger partial charge on any atom is 0.223 e. The topological polar surface area (TPSA) is 36.4 Å². The fraction of sp³-hybridized carbons (Fsp3) is 0.571. The molecule has 4 heteroatoms. The molecule has 0 bridgehead atoms. The summed E-state index contributed by atoms with van der Waals surface area (Å²) in [6.07, 6.45) is 0. The number of rotatable bonds is 3. The summed E-state index contributed by atoms with van der Waals surface area (Å²) in [5.74, 6) is 0.122. The first kappa shape index (κ1) is 8.33. The summed E-state index contributed by atoms with van der Waals surface area (Å²) in [7, 11) is 0. The molecule has 0 atom stereocenters. The summed E-state index contributed by atoms with van der Waals surface area (Å²) in [5, 5.41) is 11.5. The van der Waals surface area contributed by atoms with Crippen LogP contribution in [0.2, 0.25) is 0 Å². The van der Waals surface area contributed by atoms with Gasteiger partial charge in [0, 0.05) is 13.1 Å². The Balaban J connectivity index is 2.73. The van der Waals surface area contributed by atoms with E-state index in [2.05, 4.69) is 23.7 Å². The second-order valence-corrected chi connectivity index (χ2v) is 3.00. The molecular weight excluding hydrogens is 160 g/mol. The monoisotopic (exact) mass is 172 g/mol. The van der Waals surface area contributed by atoms with E-state index in [-0.39, 0.29) is 5.88 Å². The lowest BCUT2D eigenvalue weighted by molar-refractivity contribution is 0.457. The average molecular weight is 172 g/mol. The molecule has 0 unspecified atom stereocenters. The van der Waals surface area contributed by atoms with Crippen LogP contribution in [0.3, 0.4) is 0 Å². The fourth-order valence-corrected chi connectivity index (χ4v) is 1.71. The van der Waals surface area contributed by atoms with Gasteiger partial charge >= 0.3 is 0 Å². The second-order valence-electron chi connectivity index (χ2n) is 2.16. The van der Waals surface area contributed by atoms with Crippen molar-refractivity contribution in [2.24, 2.45) is 0 Å². The lowest BCUT2D eigenvalue weighted by atomic mass is 10.6. The average Bonchev–Trinajstić information content (AvgIpc) is 2.39. The Morgan fingerprint density at radius 3 is 2.55 bits per heavy atom. The molecule has 1 rings (SSSR count). The van der Waals surface area contributed by atoms with Crippen LogP contribution in [-0.4, -0.2) is 23.2 Å². The molecule has 1 N–H and O–H groups in total. The molecule has 0 amide bonds. The largest absolute Gasteiger partial charge is 0.493 e. The zero-order chi connectivity index (χ0) is 8.27. The number of aromatic nitrogens is 1. The molecule has 1 aromatic heterocycles. The van der Waals surface area contributed by atoms with Crippen molar-refractivity contribution in [3.63, 3.8) is 0 Å². The Bertz CT molecular complexity index is 220. The minimum Gasteiger partial charge on any atom is -0.493 e. The molecule has 0 aromatic carbocycles. The molecule has 0 aliphatic rings. The first-order valence-corrected chi connectivity index (χ1v) is 4.55. The van der Waals surface area contributed by atoms with Crippen LogP contribution in [0.5, 0.6) is 5.88 Å². The number of hydrogen-bond donors (Lipinski definition) is 1. The van der Waals surface area contributed by atoms with E-state index in [1.165, 1.54) is 11.3 Å². The van der Waals surface area contributed by atoms with Crippen LogP contribution in [-0.2, 0) is 0 Å². The predicted molar refractivity (Wildman–Crippen MR) is 47.3 cm³/mol. The van der Waals surface area contributed by atoms with Gasteiger partial charge in [-0.05, 0) is 13.8 Å². The maximum absolute atomic E-state index is 8.97. The first-order chi connectivity index (χ1) is 5.27. The molecule has 0 spiro atoms. The van der Waals surface area contributed by atoms with Gasteiger partial charge in [-0.2, -0.15) is 4.98 Å². The van der Waals surface area contributed by atoms with Gasteiger partial charge in [0.15, 0.2) is 5.13 Å².